The van der Waals surface area contributed by atoms with Gasteiger partial charge in [0.05, 0.1) is 0 Å². The van der Waals surface area contributed by atoms with E-state index in [1.165, 1.54) is 85.5 Å². The number of anilines is 3. The number of nitrogens with zero attached hydrogens (tertiary/aromatic N) is 1. The summed E-state index contributed by atoms with van der Waals surface area (Å²) in [6.07, 6.45) is 0. The fourth-order valence-electron chi connectivity index (χ4n) is 8.38. The van der Waals surface area contributed by atoms with Crippen LogP contribution in [-0.4, -0.2) is 0 Å². The Hall–Kier alpha value is -6.74. The number of fused-ring (bicyclic) bond motifs is 10. The summed E-state index contributed by atoms with van der Waals surface area (Å²) < 4.78 is 2.62. The van der Waals surface area contributed by atoms with E-state index in [2.05, 4.69) is 205 Å². The summed E-state index contributed by atoms with van der Waals surface area (Å²) in [5.74, 6) is 0. The molecule has 0 bridgehead atoms. The average Bonchev–Trinajstić information content (AvgIpc) is 3.62. The van der Waals surface area contributed by atoms with Gasteiger partial charge in [0.15, 0.2) is 0 Å². The van der Waals surface area contributed by atoms with Crippen molar-refractivity contribution in [3.8, 4) is 22.3 Å². The van der Waals surface area contributed by atoms with Crippen LogP contribution >= 0.6 is 11.3 Å². The van der Waals surface area contributed by atoms with Gasteiger partial charge in [-0.2, -0.15) is 0 Å². The van der Waals surface area contributed by atoms with Crippen molar-refractivity contribution in [3.63, 3.8) is 0 Å². The monoisotopic (exact) mass is 703 g/mol. The zero-order chi connectivity index (χ0) is 35.6. The first-order valence-corrected chi connectivity index (χ1v) is 19.3. The summed E-state index contributed by atoms with van der Waals surface area (Å²) in [7, 11) is 0. The van der Waals surface area contributed by atoms with Gasteiger partial charge in [-0.3, -0.25) is 0 Å². The molecular formula is C52H33NS. The Morgan fingerprint density at radius 3 is 1.63 bits per heavy atom. The molecule has 0 atom stereocenters. The van der Waals surface area contributed by atoms with Gasteiger partial charge in [0.1, 0.15) is 0 Å². The number of thiophene rings is 1. The molecule has 1 aromatic heterocycles. The molecule has 1 nitrogen and oxygen atoms in total. The number of hydrogen-bond donors (Lipinski definition) is 0. The Labute approximate surface area is 317 Å². The molecule has 252 valence electrons. The van der Waals surface area contributed by atoms with E-state index in [9.17, 15) is 0 Å². The minimum Gasteiger partial charge on any atom is -0.310 e. The van der Waals surface area contributed by atoms with Crippen LogP contribution in [0.25, 0.3) is 85.5 Å². The van der Waals surface area contributed by atoms with E-state index >= 15 is 0 Å². The van der Waals surface area contributed by atoms with Gasteiger partial charge in [0.25, 0.3) is 0 Å². The maximum atomic E-state index is 2.40. The van der Waals surface area contributed by atoms with Crippen LogP contribution in [0, 0.1) is 0 Å². The standard InChI is InChI=1S/C52H33NS/c1-2-9-34(10-3-1)35-25-27-42(28-26-35)53(44-29-30-50-48(33-44)46-15-6-7-16-49(46)54-50)43-13-8-12-40(31-43)41-24-19-37-18-21-39-23-22-38-20-17-36-11-4-5-14-45(36)51(38)52(39)47(37)32-41/h1-33H. The van der Waals surface area contributed by atoms with Crippen molar-refractivity contribution in [1.29, 1.82) is 0 Å². The summed E-state index contributed by atoms with van der Waals surface area (Å²) in [5.41, 5.74) is 8.18. The first-order chi connectivity index (χ1) is 26.7. The molecule has 0 spiro atoms. The summed E-state index contributed by atoms with van der Waals surface area (Å²) >= 11 is 1.86. The van der Waals surface area contributed by atoms with Gasteiger partial charge in [0.2, 0.25) is 0 Å². The van der Waals surface area contributed by atoms with Crippen LogP contribution in [0.1, 0.15) is 0 Å². The molecule has 1 heterocycles. The SMILES string of the molecule is c1ccc(-c2ccc(N(c3cccc(-c4ccc5ccc6ccc7ccc8ccccc8c7c6c5c4)c3)c3ccc4sc5ccccc5c4c3)cc2)cc1. The van der Waals surface area contributed by atoms with Crippen molar-refractivity contribution in [2.75, 3.05) is 4.90 Å². The molecule has 54 heavy (non-hydrogen) atoms. The third-order valence-corrected chi connectivity index (χ3v) is 12.1. The fourth-order valence-corrected chi connectivity index (χ4v) is 9.46. The lowest BCUT2D eigenvalue weighted by molar-refractivity contribution is 1.29. The predicted molar refractivity (Wildman–Crippen MR) is 235 cm³/mol. The van der Waals surface area contributed by atoms with Gasteiger partial charge in [-0.1, -0.05) is 146 Å². The molecule has 0 saturated carbocycles. The van der Waals surface area contributed by atoms with Crippen molar-refractivity contribution < 1.29 is 0 Å². The second kappa shape index (κ2) is 12.4. The highest BCUT2D eigenvalue weighted by Gasteiger charge is 2.17. The second-order valence-electron chi connectivity index (χ2n) is 14.1. The first kappa shape index (κ1) is 30.8. The molecule has 0 saturated heterocycles. The molecule has 0 radical (unpaired) electrons. The molecule has 0 amide bonds. The molecule has 0 aliphatic heterocycles. The zero-order valence-electron chi connectivity index (χ0n) is 29.4. The molecule has 0 N–H and O–H groups in total. The highest BCUT2D eigenvalue weighted by Crippen LogP contribution is 2.43. The second-order valence-corrected chi connectivity index (χ2v) is 15.2. The van der Waals surface area contributed by atoms with Crippen LogP contribution in [-0.2, 0) is 0 Å². The molecule has 11 rings (SSSR count). The van der Waals surface area contributed by atoms with E-state index in [1.807, 2.05) is 11.3 Å². The van der Waals surface area contributed by atoms with E-state index < -0.39 is 0 Å². The lowest BCUT2D eigenvalue weighted by atomic mass is 9.91. The summed E-state index contributed by atoms with van der Waals surface area (Å²) in [4.78, 5) is 2.40. The average molecular weight is 704 g/mol. The molecule has 0 aliphatic carbocycles. The van der Waals surface area contributed by atoms with E-state index in [0.29, 0.717) is 0 Å². The van der Waals surface area contributed by atoms with Gasteiger partial charge in [-0.25, -0.2) is 0 Å². The van der Waals surface area contributed by atoms with Crippen molar-refractivity contribution in [3.05, 3.63) is 200 Å². The van der Waals surface area contributed by atoms with Crippen molar-refractivity contribution in [2.45, 2.75) is 0 Å². The van der Waals surface area contributed by atoms with Gasteiger partial charge in [0, 0.05) is 37.2 Å². The van der Waals surface area contributed by atoms with Gasteiger partial charge >= 0.3 is 0 Å². The van der Waals surface area contributed by atoms with Crippen LogP contribution in [0.2, 0.25) is 0 Å². The Morgan fingerprint density at radius 1 is 0.278 bits per heavy atom. The predicted octanol–water partition coefficient (Wildman–Crippen LogP) is 15.5. The highest BCUT2D eigenvalue weighted by atomic mass is 32.1. The van der Waals surface area contributed by atoms with Gasteiger partial charge < -0.3 is 4.90 Å². The Morgan fingerprint density at radius 2 is 0.815 bits per heavy atom. The van der Waals surface area contributed by atoms with Crippen LogP contribution in [0.3, 0.4) is 0 Å². The third kappa shape index (κ3) is 5.07. The summed E-state index contributed by atoms with van der Waals surface area (Å²) in [5, 5.41) is 12.9. The number of hydrogen-bond acceptors (Lipinski definition) is 2. The zero-order valence-corrected chi connectivity index (χ0v) is 30.2. The normalized spacial score (nSPS) is 11.7. The largest absolute Gasteiger partial charge is 0.310 e. The fraction of sp³-hybridized carbons (Fsp3) is 0. The molecule has 0 unspecified atom stereocenters. The van der Waals surface area contributed by atoms with E-state index in [4.69, 9.17) is 0 Å². The number of benzene rings is 10. The molecule has 10 aromatic carbocycles. The van der Waals surface area contributed by atoms with Crippen LogP contribution < -0.4 is 4.90 Å². The van der Waals surface area contributed by atoms with Crippen molar-refractivity contribution >= 4 is 91.7 Å². The molecular weight excluding hydrogens is 671 g/mol. The highest BCUT2D eigenvalue weighted by molar-refractivity contribution is 7.25. The topological polar surface area (TPSA) is 3.24 Å². The number of rotatable bonds is 5. The lowest BCUT2D eigenvalue weighted by Crippen LogP contribution is -2.10. The third-order valence-electron chi connectivity index (χ3n) is 11.0. The van der Waals surface area contributed by atoms with Crippen LogP contribution in [0.5, 0.6) is 0 Å². The molecule has 2 heteroatoms. The molecule has 0 fully saturated rings. The van der Waals surface area contributed by atoms with Crippen molar-refractivity contribution in [2.24, 2.45) is 0 Å². The van der Waals surface area contributed by atoms with Crippen molar-refractivity contribution in [1.82, 2.24) is 0 Å². The van der Waals surface area contributed by atoms with Gasteiger partial charge in [-0.15, -0.1) is 11.3 Å². The lowest BCUT2D eigenvalue weighted by Gasteiger charge is -2.26. The summed E-state index contributed by atoms with van der Waals surface area (Å²) in [6, 6.07) is 73.6. The minimum atomic E-state index is 1.12. The van der Waals surface area contributed by atoms with Crippen LogP contribution in [0.4, 0.5) is 17.1 Å². The summed E-state index contributed by atoms with van der Waals surface area (Å²) in [6.45, 7) is 0. The first-order valence-electron chi connectivity index (χ1n) is 18.5. The Balaban J connectivity index is 1.09. The van der Waals surface area contributed by atoms with Crippen LogP contribution in [0.15, 0.2) is 200 Å². The Kier molecular flexibility index (Phi) is 7.11. The smallest absolute Gasteiger partial charge is 0.0468 e. The maximum Gasteiger partial charge on any atom is 0.0468 e. The Bertz CT molecular complexity index is 3200. The molecule has 11 aromatic rings. The quantitative estimate of drug-likeness (QED) is 0.161. The van der Waals surface area contributed by atoms with E-state index in [-0.39, 0.29) is 0 Å². The van der Waals surface area contributed by atoms with E-state index in [1.54, 1.807) is 0 Å². The van der Waals surface area contributed by atoms with E-state index in [0.717, 1.165) is 17.1 Å². The molecule has 0 aliphatic rings. The minimum absolute atomic E-state index is 1.12. The maximum absolute atomic E-state index is 2.40. The van der Waals surface area contributed by atoms with Gasteiger partial charge in [-0.05, 0) is 120 Å².